The fraction of sp³-hybridized carbons (Fsp3) is 0. The molecule has 0 saturated heterocycles. The molecule has 0 aliphatic carbocycles. The first-order chi connectivity index (χ1) is 27.3. The number of para-hydroxylation sites is 3. The normalized spacial score (nSPS) is 12.0. The van der Waals surface area contributed by atoms with Crippen LogP contribution in [-0.4, -0.2) is 4.57 Å². The summed E-state index contributed by atoms with van der Waals surface area (Å²) in [6.45, 7) is 0. The van der Waals surface area contributed by atoms with Gasteiger partial charge in [-0.1, -0.05) is 146 Å². The van der Waals surface area contributed by atoms with Crippen molar-refractivity contribution in [1.82, 2.24) is 4.57 Å². The van der Waals surface area contributed by atoms with Crippen molar-refractivity contribution in [2.45, 2.75) is 0 Å². The van der Waals surface area contributed by atoms with Crippen molar-refractivity contribution in [2.24, 2.45) is 0 Å². The van der Waals surface area contributed by atoms with Gasteiger partial charge in [-0.05, 0) is 75.1 Å². The Bertz CT molecular complexity index is 3420. The molecule has 256 valence electrons. The number of fused-ring (bicyclic) bond motifs is 10. The minimum Gasteiger partial charge on any atom is -0.455 e. The van der Waals surface area contributed by atoms with Crippen LogP contribution in [0.2, 0.25) is 0 Å². The monoisotopic (exact) mass is 701 g/mol. The fourth-order valence-electron chi connectivity index (χ4n) is 9.03. The van der Waals surface area contributed by atoms with Crippen LogP contribution >= 0.6 is 0 Å². The lowest BCUT2D eigenvalue weighted by Crippen LogP contribution is -1.94. The van der Waals surface area contributed by atoms with Gasteiger partial charge in [-0.3, -0.25) is 0 Å². The van der Waals surface area contributed by atoms with E-state index in [1.165, 1.54) is 54.5 Å². The zero-order chi connectivity index (χ0) is 36.0. The molecule has 0 aliphatic heterocycles. The Kier molecular flexibility index (Phi) is 6.34. The molecule has 0 atom stereocenters. The van der Waals surface area contributed by atoms with Crippen LogP contribution in [0.3, 0.4) is 0 Å². The lowest BCUT2D eigenvalue weighted by molar-refractivity contribution is 0.633. The number of hydrogen-bond donors (Lipinski definition) is 0. The predicted octanol–water partition coefficient (Wildman–Crippen LogP) is 14.7. The molecule has 0 fully saturated rings. The lowest BCUT2D eigenvalue weighted by Gasteiger charge is -2.18. The molecule has 3 aromatic heterocycles. The maximum Gasteiger partial charge on any atom is 0.147 e. The second kappa shape index (κ2) is 11.6. The maximum atomic E-state index is 6.84. The first-order valence-corrected chi connectivity index (χ1v) is 18.8. The molecule has 0 aliphatic rings. The Morgan fingerprint density at radius 3 is 1.67 bits per heavy atom. The van der Waals surface area contributed by atoms with Gasteiger partial charge in [-0.25, -0.2) is 0 Å². The van der Waals surface area contributed by atoms with Crippen LogP contribution in [0.4, 0.5) is 0 Å². The van der Waals surface area contributed by atoms with Gasteiger partial charge in [0.1, 0.15) is 22.5 Å². The summed E-state index contributed by atoms with van der Waals surface area (Å²) in [6.07, 6.45) is 0. The second-order valence-corrected chi connectivity index (χ2v) is 14.4. The smallest absolute Gasteiger partial charge is 0.147 e. The van der Waals surface area contributed by atoms with E-state index in [0.717, 1.165) is 61.0 Å². The van der Waals surface area contributed by atoms with Gasteiger partial charge in [0, 0.05) is 43.9 Å². The van der Waals surface area contributed by atoms with E-state index in [9.17, 15) is 0 Å². The molecule has 3 heterocycles. The van der Waals surface area contributed by atoms with Crippen molar-refractivity contribution in [3.63, 3.8) is 0 Å². The fourth-order valence-corrected chi connectivity index (χ4v) is 9.03. The Morgan fingerprint density at radius 1 is 0.364 bits per heavy atom. The SMILES string of the molecule is c1ccc(-c2cc3cc(-c4c5ccccc5c(-c5ccc6c7ccccc7n(-c7ccccc7)c6c5)c5ccccc45)c4oc5ccccc5c4c3o2)cc1. The highest BCUT2D eigenvalue weighted by molar-refractivity contribution is 6.28. The van der Waals surface area contributed by atoms with Crippen LogP contribution in [0, 0.1) is 0 Å². The molecule has 0 spiro atoms. The number of furan rings is 2. The van der Waals surface area contributed by atoms with E-state index in [1.807, 2.05) is 12.1 Å². The Balaban J connectivity index is 1.18. The number of rotatable bonds is 4. The summed E-state index contributed by atoms with van der Waals surface area (Å²) in [7, 11) is 0. The van der Waals surface area contributed by atoms with Crippen molar-refractivity contribution in [2.75, 3.05) is 0 Å². The molecule has 0 saturated carbocycles. The molecule has 3 heteroatoms. The summed E-state index contributed by atoms with van der Waals surface area (Å²) in [5.41, 5.74) is 11.7. The van der Waals surface area contributed by atoms with Crippen molar-refractivity contribution in [3.05, 3.63) is 188 Å². The Hall–Kier alpha value is -7.36. The molecule has 55 heavy (non-hydrogen) atoms. The van der Waals surface area contributed by atoms with Gasteiger partial charge in [0.25, 0.3) is 0 Å². The lowest BCUT2D eigenvalue weighted by atomic mass is 9.85. The van der Waals surface area contributed by atoms with Gasteiger partial charge < -0.3 is 13.4 Å². The average molecular weight is 702 g/mol. The largest absolute Gasteiger partial charge is 0.455 e. The minimum absolute atomic E-state index is 0.833. The zero-order valence-electron chi connectivity index (χ0n) is 29.7. The minimum atomic E-state index is 0.833. The van der Waals surface area contributed by atoms with Crippen LogP contribution in [-0.2, 0) is 0 Å². The number of hydrogen-bond acceptors (Lipinski definition) is 2. The highest BCUT2D eigenvalue weighted by Crippen LogP contribution is 2.49. The first-order valence-electron chi connectivity index (χ1n) is 18.8. The van der Waals surface area contributed by atoms with Crippen molar-refractivity contribution in [1.29, 1.82) is 0 Å². The molecule has 0 amide bonds. The third-order valence-electron chi connectivity index (χ3n) is 11.4. The van der Waals surface area contributed by atoms with E-state index in [-0.39, 0.29) is 0 Å². The third-order valence-corrected chi connectivity index (χ3v) is 11.4. The van der Waals surface area contributed by atoms with Crippen LogP contribution in [0.5, 0.6) is 0 Å². The maximum absolute atomic E-state index is 6.84. The van der Waals surface area contributed by atoms with E-state index in [1.54, 1.807) is 0 Å². The zero-order valence-corrected chi connectivity index (χ0v) is 29.7. The molecule has 0 N–H and O–H groups in total. The van der Waals surface area contributed by atoms with Crippen molar-refractivity contribution >= 4 is 76.3 Å². The molecular formula is C52H31NO2. The van der Waals surface area contributed by atoms with Crippen LogP contribution in [0.25, 0.3) is 116 Å². The quantitative estimate of drug-likeness (QED) is 0.171. The van der Waals surface area contributed by atoms with Gasteiger partial charge in [0.2, 0.25) is 0 Å². The summed E-state index contributed by atoms with van der Waals surface area (Å²) >= 11 is 0. The van der Waals surface area contributed by atoms with Crippen LogP contribution in [0.1, 0.15) is 0 Å². The van der Waals surface area contributed by atoms with Crippen molar-refractivity contribution < 1.29 is 8.83 Å². The average Bonchev–Trinajstić information content (AvgIpc) is 3.95. The summed E-state index contributed by atoms with van der Waals surface area (Å²) in [5, 5.41) is 10.3. The Labute approximate surface area is 315 Å². The van der Waals surface area contributed by atoms with Gasteiger partial charge in [-0.15, -0.1) is 0 Å². The first kappa shape index (κ1) is 30.1. The van der Waals surface area contributed by atoms with Gasteiger partial charge >= 0.3 is 0 Å². The van der Waals surface area contributed by atoms with E-state index in [0.29, 0.717) is 0 Å². The van der Waals surface area contributed by atoms with Crippen LogP contribution < -0.4 is 0 Å². The molecule has 3 nitrogen and oxygen atoms in total. The number of benzene rings is 9. The van der Waals surface area contributed by atoms with E-state index < -0.39 is 0 Å². The highest BCUT2D eigenvalue weighted by Gasteiger charge is 2.24. The van der Waals surface area contributed by atoms with E-state index in [4.69, 9.17) is 8.83 Å². The molecule has 12 aromatic rings. The molecule has 0 unspecified atom stereocenters. The molecule has 9 aromatic carbocycles. The van der Waals surface area contributed by atoms with Crippen molar-refractivity contribution in [3.8, 4) is 39.3 Å². The number of aromatic nitrogens is 1. The molecule has 12 rings (SSSR count). The standard InChI is InChI=1S/C52H31NO2/c1-3-15-32(16-4-1)47-31-34-29-43(52-50(51(34)55-47)42-24-12-14-26-46(42)54-52)49-40-22-9-7-20-38(40)48(39-21-8-10-23-41(39)49)33-27-28-37-36-19-11-13-25-44(36)53(45(37)30-33)35-17-5-2-6-18-35/h1-31H. The highest BCUT2D eigenvalue weighted by atomic mass is 16.3. The third kappa shape index (κ3) is 4.38. The number of nitrogens with zero attached hydrogens (tertiary/aromatic N) is 1. The molecular weight excluding hydrogens is 671 g/mol. The predicted molar refractivity (Wildman–Crippen MR) is 229 cm³/mol. The van der Waals surface area contributed by atoms with Gasteiger partial charge in [0.05, 0.1) is 16.4 Å². The summed E-state index contributed by atoms with van der Waals surface area (Å²) < 4.78 is 16.0. The van der Waals surface area contributed by atoms with E-state index in [2.05, 4.69) is 180 Å². The van der Waals surface area contributed by atoms with Crippen LogP contribution in [0.15, 0.2) is 197 Å². The second-order valence-electron chi connectivity index (χ2n) is 14.4. The summed E-state index contributed by atoms with van der Waals surface area (Å²) in [4.78, 5) is 0. The summed E-state index contributed by atoms with van der Waals surface area (Å²) in [6, 6.07) is 67.2. The topological polar surface area (TPSA) is 31.2 Å². The molecule has 0 radical (unpaired) electrons. The summed E-state index contributed by atoms with van der Waals surface area (Å²) in [5.74, 6) is 0.840. The molecule has 0 bridgehead atoms. The van der Waals surface area contributed by atoms with E-state index >= 15 is 0 Å². The van der Waals surface area contributed by atoms with Gasteiger partial charge in [-0.2, -0.15) is 0 Å². The van der Waals surface area contributed by atoms with Gasteiger partial charge in [0.15, 0.2) is 0 Å². The Morgan fingerprint density at radius 2 is 0.945 bits per heavy atom.